The Kier molecular flexibility index (Phi) is 3.36. The number of likely N-dealkylation sites (tertiary alicyclic amines) is 1. The average Bonchev–Trinajstić information content (AvgIpc) is 2.92. The van der Waals surface area contributed by atoms with Gasteiger partial charge in [-0.3, -0.25) is 19.3 Å². The molecule has 1 fully saturated rings. The first-order valence-electron chi connectivity index (χ1n) is 6.98. The standard InChI is InChI=1S/C13H17N5O3/c1-17-10(19)4-3-8(12(17)21)15-11(20)9-7-18-6-2-5-14-13(18)16-9/h7-8H,2-6H2,1H3,(H,14,16)(H,15,20). The number of aromatic nitrogens is 2. The van der Waals surface area contributed by atoms with Gasteiger partial charge in [0.1, 0.15) is 11.7 Å². The van der Waals surface area contributed by atoms with Crippen molar-refractivity contribution >= 4 is 23.7 Å². The maximum Gasteiger partial charge on any atom is 0.272 e. The lowest BCUT2D eigenvalue weighted by Gasteiger charge is -2.27. The number of anilines is 1. The van der Waals surface area contributed by atoms with Crippen molar-refractivity contribution in [1.29, 1.82) is 0 Å². The van der Waals surface area contributed by atoms with Gasteiger partial charge in [-0.05, 0) is 12.8 Å². The van der Waals surface area contributed by atoms with Gasteiger partial charge in [0.25, 0.3) is 11.8 Å². The summed E-state index contributed by atoms with van der Waals surface area (Å²) in [6, 6.07) is -0.660. The molecule has 1 aromatic heterocycles. The molecule has 0 bridgehead atoms. The molecule has 8 nitrogen and oxygen atoms in total. The van der Waals surface area contributed by atoms with Crippen LogP contribution in [0.3, 0.4) is 0 Å². The van der Waals surface area contributed by atoms with Crippen molar-refractivity contribution in [2.45, 2.75) is 31.8 Å². The molecule has 0 spiro atoms. The highest BCUT2D eigenvalue weighted by atomic mass is 16.2. The number of carbonyl (C=O) groups excluding carboxylic acids is 3. The molecule has 0 saturated carbocycles. The molecule has 1 aromatic rings. The smallest absolute Gasteiger partial charge is 0.272 e. The van der Waals surface area contributed by atoms with Gasteiger partial charge in [0, 0.05) is 32.8 Å². The Labute approximate surface area is 121 Å². The van der Waals surface area contributed by atoms with E-state index >= 15 is 0 Å². The predicted molar refractivity (Wildman–Crippen MR) is 73.6 cm³/mol. The van der Waals surface area contributed by atoms with Crippen molar-refractivity contribution < 1.29 is 14.4 Å². The van der Waals surface area contributed by atoms with Gasteiger partial charge in [-0.25, -0.2) is 4.98 Å². The van der Waals surface area contributed by atoms with Crippen LogP contribution in [0.2, 0.25) is 0 Å². The van der Waals surface area contributed by atoms with Gasteiger partial charge in [-0.1, -0.05) is 0 Å². The van der Waals surface area contributed by atoms with Crippen molar-refractivity contribution in [2.75, 3.05) is 18.9 Å². The molecule has 3 amide bonds. The molecule has 8 heteroatoms. The van der Waals surface area contributed by atoms with Crippen LogP contribution in [0.4, 0.5) is 5.95 Å². The van der Waals surface area contributed by atoms with Crippen LogP contribution in [0, 0.1) is 0 Å². The molecule has 2 aliphatic heterocycles. The van der Waals surface area contributed by atoms with Gasteiger partial charge >= 0.3 is 0 Å². The number of hydrogen-bond acceptors (Lipinski definition) is 5. The van der Waals surface area contributed by atoms with Crippen molar-refractivity contribution in [3.8, 4) is 0 Å². The number of hydrogen-bond donors (Lipinski definition) is 2. The number of likely N-dealkylation sites (N-methyl/N-ethyl adjacent to an activating group) is 1. The van der Waals surface area contributed by atoms with Gasteiger partial charge < -0.3 is 15.2 Å². The minimum Gasteiger partial charge on any atom is -0.356 e. The van der Waals surface area contributed by atoms with Gasteiger partial charge in [-0.15, -0.1) is 0 Å². The van der Waals surface area contributed by atoms with E-state index in [9.17, 15) is 14.4 Å². The molecule has 0 aliphatic carbocycles. The van der Waals surface area contributed by atoms with E-state index in [2.05, 4.69) is 15.6 Å². The number of fused-ring (bicyclic) bond motifs is 1. The fourth-order valence-electron chi connectivity index (χ4n) is 2.57. The quantitative estimate of drug-likeness (QED) is 0.721. The number of imide groups is 1. The topological polar surface area (TPSA) is 96.3 Å². The lowest BCUT2D eigenvalue weighted by molar-refractivity contribution is -0.147. The van der Waals surface area contributed by atoms with Crippen LogP contribution in [0.5, 0.6) is 0 Å². The van der Waals surface area contributed by atoms with E-state index < -0.39 is 6.04 Å². The second kappa shape index (κ2) is 5.19. The number of aryl methyl sites for hydroxylation is 1. The third-order valence-corrected chi connectivity index (χ3v) is 3.82. The molecule has 0 aromatic carbocycles. The number of nitrogens with zero attached hydrogens (tertiary/aromatic N) is 3. The van der Waals surface area contributed by atoms with E-state index in [0.717, 1.165) is 24.4 Å². The van der Waals surface area contributed by atoms with Crippen LogP contribution in [0.15, 0.2) is 6.20 Å². The van der Waals surface area contributed by atoms with Crippen LogP contribution in [0.25, 0.3) is 0 Å². The number of carbonyl (C=O) groups is 3. The van der Waals surface area contributed by atoms with Gasteiger partial charge in [0.15, 0.2) is 0 Å². The Hall–Kier alpha value is -2.38. The molecule has 0 radical (unpaired) electrons. The monoisotopic (exact) mass is 291 g/mol. The average molecular weight is 291 g/mol. The van der Waals surface area contributed by atoms with E-state index in [1.807, 2.05) is 4.57 Å². The Morgan fingerprint density at radius 3 is 3.05 bits per heavy atom. The molecule has 1 atom stereocenters. The first kappa shape index (κ1) is 13.6. The third kappa shape index (κ3) is 2.48. The summed E-state index contributed by atoms with van der Waals surface area (Å²) in [7, 11) is 1.43. The van der Waals surface area contributed by atoms with Crippen molar-refractivity contribution in [3.63, 3.8) is 0 Å². The van der Waals surface area contributed by atoms with E-state index in [0.29, 0.717) is 12.4 Å². The summed E-state index contributed by atoms with van der Waals surface area (Å²) in [5.74, 6) is -0.303. The predicted octanol–water partition coefficient (Wildman–Crippen LogP) is -0.424. The molecule has 3 heterocycles. The number of rotatable bonds is 2. The minimum atomic E-state index is -0.660. The molecule has 1 saturated heterocycles. The molecule has 21 heavy (non-hydrogen) atoms. The van der Waals surface area contributed by atoms with Crippen LogP contribution in [-0.4, -0.2) is 51.8 Å². The Bertz CT molecular complexity index is 585. The number of imidazole rings is 1. The zero-order chi connectivity index (χ0) is 15.0. The van der Waals surface area contributed by atoms with E-state index in [1.54, 1.807) is 6.20 Å². The molecule has 2 N–H and O–H groups in total. The van der Waals surface area contributed by atoms with Gasteiger partial charge in [0.2, 0.25) is 11.9 Å². The SMILES string of the molecule is CN1C(=O)CCC(NC(=O)c2cn3c(n2)NCCC3)C1=O. The largest absolute Gasteiger partial charge is 0.356 e. The Morgan fingerprint density at radius 1 is 1.48 bits per heavy atom. The first-order valence-corrected chi connectivity index (χ1v) is 6.98. The number of piperidine rings is 1. The second-order valence-electron chi connectivity index (χ2n) is 5.28. The van der Waals surface area contributed by atoms with Crippen LogP contribution >= 0.6 is 0 Å². The molecule has 112 valence electrons. The highest BCUT2D eigenvalue weighted by Crippen LogP contribution is 2.15. The lowest BCUT2D eigenvalue weighted by atomic mass is 10.0. The summed E-state index contributed by atoms with van der Waals surface area (Å²) in [6.45, 7) is 1.66. The zero-order valence-electron chi connectivity index (χ0n) is 11.8. The highest BCUT2D eigenvalue weighted by molar-refractivity contribution is 6.03. The maximum atomic E-state index is 12.2. The Balaban J connectivity index is 1.70. The van der Waals surface area contributed by atoms with E-state index in [1.165, 1.54) is 7.05 Å². The van der Waals surface area contributed by atoms with Gasteiger partial charge in [-0.2, -0.15) is 0 Å². The third-order valence-electron chi connectivity index (χ3n) is 3.82. The van der Waals surface area contributed by atoms with E-state index in [-0.39, 0.29) is 29.8 Å². The fraction of sp³-hybridized carbons (Fsp3) is 0.538. The summed E-state index contributed by atoms with van der Waals surface area (Å²) in [5.41, 5.74) is 0.284. The van der Waals surface area contributed by atoms with Gasteiger partial charge in [0.05, 0.1) is 0 Å². The molecular weight excluding hydrogens is 274 g/mol. The molecule has 3 rings (SSSR count). The molecule has 1 unspecified atom stereocenters. The number of nitrogens with one attached hydrogen (secondary N) is 2. The first-order chi connectivity index (χ1) is 10.1. The van der Waals surface area contributed by atoms with E-state index in [4.69, 9.17) is 0 Å². The van der Waals surface area contributed by atoms with Crippen molar-refractivity contribution in [1.82, 2.24) is 19.8 Å². The van der Waals surface area contributed by atoms with Crippen LogP contribution < -0.4 is 10.6 Å². The summed E-state index contributed by atoms with van der Waals surface area (Å²) >= 11 is 0. The summed E-state index contributed by atoms with van der Waals surface area (Å²) in [4.78, 5) is 40.8. The number of amides is 3. The molecular formula is C13H17N5O3. The fourth-order valence-corrected chi connectivity index (χ4v) is 2.57. The van der Waals surface area contributed by atoms with Crippen LogP contribution in [0.1, 0.15) is 29.8 Å². The Morgan fingerprint density at radius 2 is 2.29 bits per heavy atom. The zero-order valence-corrected chi connectivity index (χ0v) is 11.8. The summed E-state index contributed by atoms with van der Waals surface area (Å²) in [5, 5.41) is 5.77. The maximum absolute atomic E-state index is 12.2. The van der Waals surface area contributed by atoms with Crippen molar-refractivity contribution in [3.05, 3.63) is 11.9 Å². The normalized spacial score (nSPS) is 21.8. The van der Waals surface area contributed by atoms with Crippen LogP contribution in [-0.2, 0) is 16.1 Å². The summed E-state index contributed by atoms with van der Waals surface area (Å²) < 4.78 is 1.89. The second-order valence-corrected chi connectivity index (χ2v) is 5.28. The summed E-state index contributed by atoms with van der Waals surface area (Å²) in [6.07, 6.45) is 3.26. The van der Waals surface area contributed by atoms with Crippen molar-refractivity contribution in [2.24, 2.45) is 0 Å². The molecule has 2 aliphatic rings. The minimum absolute atomic E-state index is 0.216. The lowest BCUT2D eigenvalue weighted by Crippen LogP contribution is -2.52. The highest BCUT2D eigenvalue weighted by Gasteiger charge is 2.33.